The quantitative estimate of drug-likeness (QED) is 0.814. The molecule has 0 saturated heterocycles. The summed E-state index contributed by atoms with van der Waals surface area (Å²) in [5.74, 6) is -0.464. The van der Waals surface area contributed by atoms with Crippen LogP contribution in [0.4, 0.5) is 13.2 Å². The SMILES string of the molecule is CCCC(N)CC(=O)NCc1ccc(OC(F)(F)F)cc1. The van der Waals surface area contributed by atoms with Gasteiger partial charge in [0.15, 0.2) is 0 Å². The van der Waals surface area contributed by atoms with Gasteiger partial charge >= 0.3 is 6.36 Å². The first-order chi connectivity index (χ1) is 9.80. The highest BCUT2D eigenvalue weighted by atomic mass is 19.4. The predicted molar refractivity (Wildman–Crippen MR) is 72.5 cm³/mol. The Kier molecular flexibility index (Phi) is 6.48. The highest BCUT2D eigenvalue weighted by molar-refractivity contribution is 5.76. The zero-order valence-electron chi connectivity index (χ0n) is 11.7. The molecule has 1 aromatic rings. The lowest BCUT2D eigenvalue weighted by atomic mass is 10.1. The second-order valence-electron chi connectivity index (χ2n) is 4.72. The second kappa shape index (κ2) is 7.87. The average molecular weight is 304 g/mol. The molecule has 0 radical (unpaired) electrons. The van der Waals surface area contributed by atoms with Crippen molar-refractivity contribution in [3.63, 3.8) is 0 Å². The van der Waals surface area contributed by atoms with Gasteiger partial charge in [0, 0.05) is 19.0 Å². The Morgan fingerprint density at radius 3 is 2.48 bits per heavy atom. The van der Waals surface area contributed by atoms with Gasteiger partial charge in [0.25, 0.3) is 0 Å². The molecule has 0 fully saturated rings. The minimum absolute atomic E-state index is 0.169. The van der Waals surface area contributed by atoms with Gasteiger partial charge in [-0.15, -0.1) is 13.2 Å². The third-order valence-corrected chi connectivity index (χ3v) is 2.75. The molecule has 0 aliphatic carbocycles. The van der Waals surface area contributed by atoms with E-state index in [1.165, 1.54) is 24.3 Å². The minimum atomic E-state index is -4.70. The highest BCUT2D eigenvalue weighted by Crippen LogP contribution is 2.22. The fourth-order valence-corrected chi connectivity index (χ4v) is 1.79. The lowest BCUT2D eigenvalue weighted by Crippen LogP contribution is -2.31. The van der Waals surface area contributed by atoms with E-state index in [1.54, 1.807) is 0 Å². The molecule has 0 heterocycles. The number of rotatable bonds is 7. The molecule has 0 saturated carbocycles. The summed E-state index contributed by atoms with van der Waals surface area (Å²) in [6.07, 6.45) is -2.78. The van der Waals surface area contributed by atoms with Crippen LogP contribution in [-0.4, -0.2) is 18.3 Å². The lowest BCUT2D eigenvalue weighted by molar-refractivity contribution is -0.274. The first-order valence-electron chi connectivity index (χ1n) is 6.67. The van der Waals surface area contributed by atoms with Gasteiger partial charge in [0.1, 0.15) is 5.75 Å². The molecule has 3 N–H and O–H groups in total. The van der Waals surface area contributed by atoms with Gasteiger partial charge in [0.2, 0.25) is 5.91 Å². The van der Waals surface area contributed by atoms with Crippen LogP contribution in [-0.2, 0) is 11.3 Å². The van der Waals surface area contributed by atoms with Crippen molar-refractivity contribution in [1.82, 2.24) is 5.32 Å². The second-order valence-corrected chi connectivity index (χ2v) is 4.72. The van der Waals surface area contributed by atoms with E-state index >= 15 is 0 Å². The summed E-state index contributed by atoms with van der Waals surface area (Å²) >= 11 is 0. The van der Waals surface area contributed by atoms with Crippen molar-refractivity contribution in [1.29, 1.82) is 0 Å². The number of carbonyl (C=O) groups is 1. The Morgan fingerprint density at radius 2 is 1.95 bits per heavy atom. The first-order valence-corrected chi connectivity index (χ1v) is 6.67. The third kappa shape index (κ3) is 7.55. The summed E-state index contributed by atoms with van der Waals surface area (Å²) in [6, 6.07) is 5.17. The molecule has 0 spiro atoms. The predicted octanol–water partition coefficient (Wildman–Crippen LogP) is 2.72. The maximum Gasteiger partial charge on any atom is 0.573 e. The van der Waals surface area contributed by atoms with Gasteiger partial charge < -0.3 is 15.8 Å². The summed E-state index contributed by atoms with van der Waals surface area (Å²) < 4.78 is 39.7. The maximum atomic E-state index is 12.0. The van der Waals surface area contributed by atoms with Crippen LogP contribution in [0.5, 0.6) is 5.75 Å². The molecule has 1 rings (SSSR count). The molecule has 7 heteroatoms. The van der Waals surface area contributed by atoms with Crippen molar-refractivity contribution in [2.45, 2.75) is 45.1 Å². The largest absolute Gasteiger partial charge is 0.573 e. The maximum absolute atomic E-state index is 12.0. The molecule has 118 valence electrons. The molecule has 0 aromatic heterocycles. The summed E-state index contributed by atoms with van der Waals surface area (Å²) in [7, 11) is 0. The van der Waals surface area contributed by atoms with Crippen LogP contribution in [0.25, 0.3) is 0 Å². The van der Waals surface area contributed by atoms with Gasteiger partial charge in [-0.25, -0.2) is 0 Å². The van der Waals surface area contributed by atoms with Crippen molar-refractivity contribution in [3.8, 4) is 5.75 Å². The van der Waals surface area contributed by atoms with E-state index in [2.05, 4.69) is 10.1 Å². The van der Waals surface area contributed by atoms with Gasteiger partial charge in [-0.1, -0.05) is 25.5 Å². The fourth-order valence-electron chi connectivity index (χ4n) is 1.79. The molecule has 1 atom stereocenters. The lowest BCUT2D eigenvalue weighted by Gasteiger charge is -2.11. The first kappa shape index (κ1) is 17.3. The van der Waals surface area contributed by atoms with Crippen molar-refractivity contribution < 1.29 is 22.7 Å². The number of alkyl halides is 3. The molecule has 0 aliphatic heterocycles. The molecule has 0 aliphatic rings. The van der Waals surface area contributed by atoms with E-state index in [0.29, 0.717) is 5.56 Å². The number of nitrogens with one attached hydrogen (secondary N) is 1. The fraction of sp³-hybridized carbons (Fsp3) is 0.500. The van der Waals surface area contributed by atoms with Crippen LogP contribution < -0.4 is 15.8 Å². The summed E-state index contributed by atoms with van der Waals surface area (Å²) in [6.45, 7) is 2.23. The Bertz CT molecular complexity index is 447. The molecule has 21 heavy (non-hydrogen) atoms. The normalized spacial score (nSPS) is 12.8. The Hall–Kier alpha value is -1.76. The Morgan fingerprint density at radius 1 is 1.33 bits per heavy atom. The van der Waals surface area contributed by atoms with Crippen LogP contribution >= 0.6 is 0 Å². The smallest absolute Gasteiger partial charge is 0.406 e. The summed E-state index contributed by atoms with van der Waals surface area (Å²) in [5, 5.41) is 2.67. The number of benzene rings is 1. The van der Waals surface area contributed by atoms with Crippen LogP contribution in [0.1, 0.15) is 31.7 Å². The van der Waals surface area contributed by atoms with Gasteiger partial charge in [0.05, 0.1) is 0 Å². The Balaban J connectivity index is 2.40. The number of carbonyl (C=O) groups excluding carboxylic acids is 1. The number of hydrogen-bond acceptors (Lipinski definition) is 3. The van der Waals surface area contributed by atoms with Crippen LogP contribution in [0.2, 0.25) is 0 Å². The van der Waals surface area contributed by atoms with E-state index in [-0.39, 0.29) is 30.7 Å². The summed E-state index contributed by atoms with van der Waals surface area (Å²) in [5.41, 5.74) is 6.43. The Labute approximate surface area is 121 Å². The van der Waals surface area contributed by atoms with Crippen molar-refractivity contribution in [2.75, 3.05) is 0 Å². The van der Waals surface area contributed by atoms with E-state index < -0.39 is 6.36 Å². The molecular formula is C14H19F3N2O2. The zero-order chi connectivity index (χ0) is 15.9. The number of nitrogens with two attached hydrogens (primary N) is 1. The number of halogens is 3. The molecule has 1 unspecified atom stereocenters. The van der Waals surface area contributed by atoms with Crippen molar-refractivity contribution in [2.24, 2.45) is 5.73 Å². The molecule has 1 aromatic carbocycles. The standard InChI is InChI=1S/C14H19F3N2O2/c1-2-3-11(18)8-13(20)19-9-10-4-6-12(7-5-10)21-14(15,16)17/h4-7,11H,2-3,8-9,18H2,1H3,(H,19,20). The highest BCUT2D eigenvalue weighted by Gasteiger charge is 2.30. The van der Waals surface area contributed by atoms with E-state index in [9.17, 15) is 18.0 Å². The zero-order valence-corrected chi connectivity index (χ0v) is 11.7. The number of amides is 1. The van der Waals surface area contributed by atoms with Gasteiger partial charge in [-0.05, 0) is 24.1 Å². The van der Waals surface area contributed by atoms with E-state index in [0.717, 1.165) is 12.8 Å². The van der Waals surface area contributed by atoms with E-state index in [1.807, 2.05) is 6.92 Å². The van der Waals surface area contributed by atoms with E-state index in [4.69, 9.17) is 5.73 Å². The minimum Gasteiger partial charge on any atom is -0.406 e. The van der Waals surface area contributed by atoms with Crippen LogP contribution in [0.15, 0.2) is 24.3 Å². The molecule has 1 amide bonds. The molecule has 0 bridgehead atoms. The van der Waals surface area contributed by atoms with Crippen molar-refractivity contribution >= 4 is 5.91 Å². The average Bonchev–Trinajstić information content (AvgIpc) is 2.36. The van der Waals surface area contributed by atoms with Crippen LogP contribution in [0, 0.1) is 0 Å². The summed E-state index contributed by atoms with van der Waals surface area (Å²) in [4.78, 5) is 11.6. The van der Waals surface area contributed by atoms with Crippen LogP contribution in [0.3, 0.4) is 0 Å². The number of ether oxygens (including phenoxy) is 1. The topological polar surface area (TPSA) is 64.4 Å². The van der Waals surface area contributed by atoms with Crippen molar-refractivity contribution in [3.05, 3.63) is 29.8 Å². The molecule has 4 nitrogen and oxygen atoms in total. The van der Waals surface area contributed by atoms with Gasteiger partial charge in [-0.3, -0.25) is 4.79 Å². The molecular weight excluding hydrogens is 285 g/mol. The monoisotopic (exact) mass is 304 g/mol. The van der Waals surface area contributed by atoms with Gasteiger partial charge in [-0.2, -0.15) is 0 Å². The number of hydrogen-bond donors (Lipinski definition) is 2. The third-order valence-electron chi connectivity index (χ3n) is 2.75.